The minimum absolute atomic E-state index is 0.156. The molecule has 0 aromatic heterocycles. The SMILES string of the molecule is COc1ccc(CO[C@@H]2[C@H]3OC[C@@]2(CO)O[C@@H]3OC)cc1. The molecule has 2 heterocycles. The van der Waals surface area contributed by atoms with Gasteiger partial charge in [-0.3, -0.25) is 0 Å². The predicted octanol–water partition coefficient (Wildman–Crippen LogP) is 0.713. The Hall–Kier alpha value is -1.18. The van der Waals surface area contributed by atoms with Crippen molar-refractivity contribution >= 4 is 0 Å². The third kappa shape index (κ3) is 2.54. The van der Waals surface area contributed by atoms with Crippen molar-refractivity contribution in [3.05, 3.63) is 29.8 Å². The highest BCUT2D eigenvalue weighted by atomic mass is 16.8. The van der Waals surface area contributed by atoms with E-state index in [0.29, 0.717) is 13.2 Å². The quantitative estimate of drug-likeness (QED) is 0.834. The second-order valence-electron chi connectivity index (χ2n) is 5.30. The normalized spacial score (nSPS) is 34.3. The standard InChI is InChI=1S/C15H20O6/c1-17-11-5-3-10(4-6-11)7-19-13-12-14(18-2)21-15(13,8-16)9-20-12/h3-6,12-14,16H,7-9H2,1-2H3/t12-,13-,14+,15-/m1/s1. The Labute approximate surface area is 123 Å². The van der Waals surface area contributed by atoms with Crippen molar-refractivity contribution in [2.75, 3.05) is 27.4 Å². The highest BCUT2D eigenvalue weighted by Crippen LogP contribution is 2.42. The number of benzene rings is 1. The van der Waals surface area contributed by atoms with Crippen molar-refractivity contribution in [2.45, 2.75) is 30.7 Å². The number of hydrogen-bond acceptors (Lipinski definition) is 6. The van der Waals surface area contributed by atoms with Crippen molar-refractivity contribution in [2.24, 2.45) is 0 Å². The number of hydrogen-bond donors (Lipinski definition) is 1. The van der Waals surface area contributed by atoms with Gasteiger partial charge in [0.2, 0.25) is 0 Å². The summed E-state index contributed by atoms with van der Waals surface area (Å²) in [6.45, 7) is 0.577. The zero-order valence-electron chi connectivity index (χ0n) is 12.2. The van der Waals surface area contributed by atoms with E-state index in [1.165, 1.54) is 0 Å². The number of fused-ring (bicyclic) bond motifs is 2. The third-order valence-electron chi connectivity index (χ3n) is 4.04. The maximum Gasteiger partial charge on any atom is 0.187 e. The number of aliphatic hydroxyl groups excluding tert-OH is 1. The summed E-state index contributed by atoms with van der Waals surface area (Å²) in [6.07, 6.45) is -1.14. The van der Waals surface area contributed by atoms with Crippen LogP contribution >= 0.6 is 0 Å². The van der Waals surface area contributed by atoms with Gasteiger partial charge in [-0.2, -0.15) is 0 Å². The summed E-state index contributed by atoms with van der Waals surface area (Å²) in [6, 6.07) is 7.65. The van der Waals surface area contributed by atoms with E-state index in [0.717, 1.165) is 11.3 Å². The van der Waals surface area contributed by atoms with Gasteiger partial charge in [0.25, 0.3) is 0 Å². The smallest absolute Gasteiger partial charge is 0.187 e. The molecule has 2 aliphatic heterocycles. The fourth-order valence-electron chi connectivity index (χ4n) is 2.84. The fraction of sp³-hybridized carbons (Fsp3) is 0.600. The van der Waals surface area contributed by atoms with Crippen LogP contribution in [-0.2, 0) is 25.6 Å². The van der Waals surface area contributed by atoms with E-state index in [1.807, 2.05) is 24.3 Å². The van der Waals surface area contributed by atoms with E-state index >= 15 is 0 Å². The highest BCUT2D eigenvalue weighted by molar-refractivity contribution is 5.26. The van der Waals surface area contributed by atoms with E-state index in [9.17, 15) is 5.11 Å². The van der Waals surface area contributed by atoms with Crippen molar-refractivity contribution in [1.82, 2.24) is 0 Å². The first-order valence-corrected chi connectivity index (χ1v) is 6.90. The van der Waals surface area contributed by atoms with Crippen LogP contribution in [0.2, 0.25) is 0 Å². The van der Waals surface area contributed by atoms with E-state index in [-0.39, 0.29) is 18.8 Å². The van der Waals surface area contributed by atoms with Gasteiger partial charge in [0, 0.05) is 7.11 Å². The molecule has 1 N–H and O–H groups in total. The summed E-state index contributed by atoms with van der Waals surface area (Å²) < 4.78 is 27.7. The van der Waals surface area contributed by atoms with Crippen LogP contribution in [0, 0.1) is 0 Å². The Kier molecular flexibility index (Phi) is 4.14. The van der Waals surface area contributed by atoms with Gasteiger partial charge >= 0.3 is 0 Å². The zero-order chi connectivity index (χ0) is 14.9. The Morgan fingerprint density at radius 2 is 2.05 bits per heavy atom. The van der Waals surface area contributed by atoms with Crippen LogP contribution in [0.3, 0.4) is 0 Å². The summed E-state index contributed by atoms with van der Waals surface area (Å²) in [5, 5.41) is 9.64. The second kappa shape index (κ2) is 5.90. The molecule has 0 saturated carbocycles. The first kappa shape index (κ1) is 14.7. The number of ether oxygens (including phenoxy) is 5. The van der Waals surface area contributed by atoms with Crippen molar-refractivity contribution < 1.29 is 28.8 Å². The minimum atomic E-state index is -0.822. The Morgan fingerprint density at radius 1 is 1.29 bits per heavy atom. The van der Waals surface area contributed by atoms with Gasteiger partial charge in [-0.1, -0.05) is 12.1 Å². The molecule has 2 bridgehead atoms. The molecule has 0 amide bonds. The monoisotopic (exact) mass is 296 g/mol. The molecule has 0 spiro atoms. The van der Waals surface area contributed by atoms with Gasteiger partial charge in [0.05, 0.1) is 26.9 Å². The molecule has 0 aliphatic carbocycles. The average molecular weight is 296 g/mol. The molecule has 116 valence electrons. The predicted molar refractivity (Wildman–Crippen MR) is 73.0 cm³/mol. The lowest BCUT2D eigenvalue weighted by molar-refractivity contribution is -0.242. The van der Waals surface area contributed by atoms with Gasteiger partial charge in [0.15, 0.2) is 6.29 Å². The molecule has 2 saturated heterocycles. The maximum absolute atomic E-state index is 9.64. The van der Waals surface area contributed by atoms with Gasteiger partial charge in [-0.05, 0) is 17.7 Å². The van der Waals surface area contributed by atoms with Gasteiger partial charge < -0.3 is 28.8 Å². The molecule has 6 heteroatoms. The molecule has 3 rings (SSSR count). The molecule has 0 unspecified atom stereocenters. The van der Waals surface area contributed by atoms with Crippen LogP contribution < -0.4 is 4.74 Å². The Morgan fingerprint density at radius 3 is 2.67 bits per heavy atom. The van der Waals surface area contributed by atoms with Crippen LogP contribution in [0.15, 0.2) is 24.3 Å². The summed E-state index contributed by atoms with van der Waals surface area (Å²) in [5.41, 5.74) is 0.196. The summed E-state index contributed by atoms with van der Waals surface area (Å²) in [4.78, 5) is 0. The highest BCUT2D eigenvalue weighted by Gasteiger charge is 2.62. The maximum atomic E-state index is 9.64. The van der Waals surface area contributed by atoms with Crippen LogP contribution in [0.25, 0.3) is 0 Å². The lowest BCUT2D eigenvalue weighted by Gasteiger charge is -2.28. The second-order valence-corrected chi connectivity index (χ2v) is 5.30. The third-order valence-corrected chi connectivity index (χ3v) is 4.04. The van der Waals surface area contributed by atoms with Gasteiger partial charge in [-0.25, -0.2) is 0 Å². The summed E-state index contributed by atoms with van der Waals surface area (Å²) in [7, 11) is 3.19. The molecule has 2 aliphatic rings. The number of rotatable bonds is 6. The largest absolute Gasteiger partial charge is 0.497 e. The Bertz CT molecular complexity index is 476. The molecular weight excluding hydrogens is 276 g/mol. The lowest BCUT2D eigenvalue weighted by atomic mass is 10.0. The first-order chi connectivity index (χ1) is 10.2. The summed E-state index contributed by atoms with van der Waals surface area (Å²) in [5.74, 6) is 0.803. The van der Waals surface area contributed by atoms with Crippen LogP contribution in [0.5, 0.6) is 5.75 Å². The van der Waals surface area contributed by atoms with Gasteiger partial charge in [0.1, 0.15) is 23.6 Å². The molecule has 2 fully saturated rings. The molecule has 1 aromatic rings. The molecular formula is C15H20O6. The first-order valence-electron chi connectivity index (χ1n) is 6.90. The molecule has 0 radical (unpaired) electrons. The molecule has 4 atom stereocenters. The van der Waals surface area contributed by atoms with E-state index in [1.54, 1.807) is 14.2 Å². The van der Waals surface area contributed by atoms with Gasteiger partial charge in [-0.15, -0.1) is 0 Å². The Balaban J connectivity index is 1.66. The lowest BCUT2D eigenvalue weighted by Crippen LogP contribution is -2.45. The fourth-order valence-corrected chi connectivity index (χ4v) is 2.84. The van der Waals surface area contributed by atoms with Crippen LogP contribution in [0.1, 0.15) is 5.56 Å². The molecule has 6 nitrogen and oxygen atoms in total. The van der Waals surface area contributed by atoms with E-state index in [4.69, 9.17) is 23.7 Å². The minimum Gasteiger partial charge on any atom is -0.497 e. The zero-order valence-corrected chi connectivity index (χ0v) is 12.2. The van der Waals surface area contributed by atoms with E-state index in [2.05, 4.69) is 0 Å². The van der Waals surface area contributed by atoms with Crippen molar-refractivity contribution in [3.63, 3.8) is 0 Å². The molecule has 21 heavy (non-hydrogen) atoms. The van der Waals surface area contributed by atoms with Crippen molar-refractivity contribution in [1.29, 1.82) is 0 Å². The molecule has 1 aromatic carbocycles. The van der Waals surface area contributed by atoms with Crippen molar-refractivity contribution in [3.8, 4) is 5.75 Å². The number of methoxy groups -OCH3 is 2. The average Bonchev–Trinajstić information content (AvgIpc) is 3.05. The number of aliphatic hydroxyl groups is 1. The van der Waals surface area contributed by atoms with E-state index < -0.39 is 11.9 Å². The van der Waals surface area contributed by atoms with Crippen LogP contribution in [-0.4, -0.2) is 56.6 Å². The summed E-state index contributed by atoms with van der Waals surface area (Å²) >= 11 is 0. The van der Waals surface area contributed by atoms with Crippen LogP contribution in [0.4, 0.5) is 0 Å². The topological polar surface area (TPSA) is 66.4 Å².